The lowest BCUT2D eigenvalue weighted by molar-refractivity contribution is -0.811. The minimum Gasteiger partial charge on any atom is -0.265 e. The third-order valence-corrected chi connectivity index (χ3v) is 1.99. The van der Waals surface area contributed by atoms with Crippen molar-refractivity contribution < 1.29 is 9.28 Å². The van der Waals surface area contributed by atoms with Gasteiger partial charge < -0.3 is 0 Å². The number of rotatable bonds is 3. The van der Waals surface area contributed by atoms with E-state index in [1.54, 1.807) is 0 Å². The van der Waals surface area contributed by atoms with E-state index in [-0.39, 0.29) is 5.91 Å². The van der Waals surface area contributed by atoms with E-state index in [1.807, 2.05) is 40.1 Å². The number of allylic oxidation sites excluding steroid dienone is 1. The maximum absolute atomic E-state index is 11.4. The molecule has 0 fully saturated rings. The Morgan fingerprint density at radius 1 is 1.45 bits per heavy atom. The zero-order valence-electron chi connectivity index (χ0n) is 7.92. The van der Waals surface area contributed by atoms with Crippen molar-refractivity contribution in [3.8, 4) is 0 Å². The average Bonchev–Trinajstić information content (AvgIpc) is 2.00. The molecule has 11 heavy (non-hydrogen) atoms. The highest BCUT2D eigenvalue weighted by Gasteiger charge is 2.21. The van der Waals surface area contributed by atoms with E-state index < -0.39 is 0 Å². The fraction of sp³-hybridized carbons (Fsp3) is 0.667. The van der Waals surface area contributed by atoms with Gasteiger partial charge in [0.1, 0.15) is 0 Å². The van der Waals surface area contributed by atoms with Crippen molar-refractivity contribution in [2.75, 3.05) is 20.6 Å². The fourth-order valence-electron chi connectivity index (χ4n) is 0.642. The summed E-state index contributed by atoms with van der Waals surface area (Å²) in [5, 5.41) is 0. The lowest BCUT2D eigenvalue weighted by Crippen LogP contribution is -2.44. The Morgan fingerprint density at radius 3 is 2.36 bits per heavy atom. The first-order valence-electron chi connectivity index (χ1n) is 4.02. The third kappa shape index (κ3) is 3.33. The Hall–Kier alpha value is -0.630. The Labute approximate surface area is 69.1 Å². The number of amides is 1. The van der Waals surface area contributed by atoms with E-state index >= 15 is 0 Å². The predicted molar refractivity (Wildman–Crippen MR) is 47.1 cm³/mol. The van der Waals surface area contributed by atoms with Crippen molar-refractivity contribution in [1.82, 2.24) is 0 Å². The Kier molecular flexibility index (Phi) is 4.04. The van der Waals surface area contributed by atoms with E-state index in [1.165, 1.54) is 0 Å². The van der Waals surface area contributed by atoms with Crippen LogP contribution in [0.4, 0.5) is 0 Å². The van der Waals surface area contributed by atoms with Crippen molar-refractivity contribution in [2.24, 2.45) is 0 Å². The van der Waals surface area contributed by atoms with Crippen molar-refractivity contribution in [1.29, 1.82) is 0 Å². The molecule has 0 aliphatic rings. The molecule has 0 bridgehead atoms. The van der Waals surface area contributed by atoms with Gasteiger partial charge >= 0.3 is 5.91 Å². The molecule has 0 aromatic carbocycles. The lowest BCUT2D eigenvalue weighted by Gasteiger charge is -2.24. The SMILES string of the molecule is CC=CCC(=O)[N+](C)(C)CC. The van der Waals surface area contributed by atoms with Crippen LogP contribution in [0.3, 0.4) is 0 Å². The molecule has 0 N–H and O–H groups in total. The molecular formula is C9H18NO+. The normalized spacial score (nSPS) is 12.4. The third-order valence-electron chi connectivity index (χ3n) is 1.99. The molecule has 0 aromatic heterocycles. The number of quaternary nitrogens is 1. The smallest absolute Gasteiger partial charge is 0.265 e. The fourth-order valence-corrected chi connectivity index (χ4v) is 0.642. The van der Waals surface area contributed by atoms with E-state index in [9.17, 15) is 4.79 Å². The van der Waals surface area contributed by atoms with Gasteiger partial charge in [0.2, 0.25) is 0 Å². The number of hydrogen-bond acceptors (Lipinski definition) is 1. The zero-order chi connectivity index (χ0) is 8.91. The molecule has 0 unspecified atom stereocenters. The van der Waals surface area contributed by atoms with Gasteiger partial charge in [0.25, 0.3) is 0 Å². The first-order valence-corrected chi connectivity index (χ1v) is 4.02. The minimum atomic E-state index is 0.269. The van der Waals surface area contributed by atoms with Crippen LogP contribution >= 0.6 is 0 Å². The molecule has 0 aliphatic heterocycles. The van der Waals surface area contributed by atoms with Crippen LogP contribution < -0.4 is 0 Å². The first kappa shape index (κ1) is 10.4. The lowest BCUT2D eigenvalue weighted by atomic mass is 10.3. The average molecular weight is 156 g/mol. The number of hydrogen-bond donors (Lipinski definition) is 0. The summed E-state index contributed by atoms with van der Waals surface area (Å²) in [6.45, 7) is 4.81. The van der Waals surface area contributed by atoms with E-state index in [0.717, 1.165) is 6.54 Å². The van der Waals surface area contributed by atoms with E-state index in [4.69, 9.17) is 0 Å². The number of carbonyl (C=O) groups excluding carboxylic acids is 1. The highest BCUT2D eigenvalue weighted by molar-refractivity contribution is 5.70. The van der Waals surface area contributed by atoms with Crippen LogP contribution in [0.15, 0.2) is 12.2 Å². The van der Waals surface area contributed by atoms with Gasteiger partial charge in [-0.3, -0.25) is 4.48 Å². The van der Waals surface area contributed by atoms with Crippen molar-refractivity contribution in [2.45, 2.75) is 20.3 Å². The number of carbonyl (C=O) groups is 1. The van der Waals surface area contributed by atoms with Gasteiger partial charge in [-0.1, -0.05) is 12.2 Å². The topological polar surface area (TPSA) is 17.1 Å². The van der Waals surface area contributed by atoms with Crippen molar-refractivity contribution >= 4 is 5.91 Å². The Morgan fingerprint density at radius 2 is 2.00 bits per heavy atom. The van der Waals surface area contributed by atoms with Crippen LogP contribution in [0.2, 0.25) is 0 Å². The molecule has 0 atom stereocenters. The summed E-state index contributed by atoms with van der Waals surface area (Å²) < 4.78 is 0.477. The molecule has 0 aliphatic carbocycles. The number of nitrogens with zero attached hydrogens (tertiary/aromatic N) is 1. The molecule has 2 heteroatoms. The monoisotopic (exact) mass is 156 g/mol. The molecule has 0 saturated carbocycles. The van der Waals surface area contributed by atoms with Gasteiger partial charge in [-0.2, -0.15) is 0 Å². The van der Waals surface area contributed by atoms with E-state index in [0.29, 0.717) is 10.9 Å². The Bertz CT molecular complexity index is 159. The van der Waals surface area contributed by atoms with E-state index in [2.05, 4.69) is 0 Å². The molecule has 0 saturated heterocycles. The summed E-state index contributed by atoms with van der Waals surface area (Å²) in [6.07, 6.45) is 4.36. The van der Waals surface area contributed by atoms with Crippen LogP contribution in [0, 0.1) is 0 Å². The van der Waals surface area contributed by atoms with Gasteiger partial charge in [-0.15, -0.1) is 0 Å². The van der Waals surface area contributed by atoms with Crippen LogP contribution in [-0.4, -0.2) is 31.0 Å². The quantitative estimate of drug-likeness (QED) is 0.448. The maximum atomic E-state index is 11.4. The molecule has 0 spiro atoms. The van der Waals surface area contributed by atoms with Gasteiger partial charge in [0.05, 0.1) is 27.1 Å². The molecular weight excluding hydrogens is 138 g/mol. The van der Waals surface area contributed by atoms with Gasteiger partial charge in [0.15, 0.2) is 0 Å². The summed E-state index contributed by atoms with van der Waals surface area (Å²) >= 11 is 0. The van der Waals surface area contributed by atoms with Gasteiger partial charge in [-0.25, -0.2) is 4.79 Å². The summed E-state index contributed by atoms with van der Waals surface area (Å²) in [6, 6.07) is 0. The van der Waals surface area contributed by atoms with Crippen LogP contribution in [0.5, 0.6) is 0 Å². The summed E-state index contributed by atoms with van der Waals surface area (Å²) in [5.41, 5.74) is 0. The highest BCUT2D eigenvalue weighted by atomic mass is 16.2. The highest BCUT2D eigenvalue weighted by Crippen LogP contribution is 2.01. The largest absolute Gasteiger partial charge is 0.317 e. The van der Waals surface area contributed by atoms with Gasteiger partial charge in [-0.05, 0) is 13.8 Å². The predicted octanol–water partition coefficient (Wildman–Crippen LogP) is 1.58. The molecule has 0 heterocycles. The molecule has 64 valence electrons. The second kappa shape index (κ2) is 4.29. The standard InChI is InChI=1S/C9H18NO/c1-5-7-8-9(11)10(3,4)6-2/h5,7H,6,8H2,1-4H3/q+1. The summed E-state index contributed by atoms with van der Waals surface area (Å²) in [7, 11) is 3.87. The zero-order valence-corrected chi connectivity index (χ0v) is 7.92. The molecule has 2 nitrogen and oxygen atoms in total. The van der Waals surface area contributed by atoms with Crippen LogP contribution in [0.1, 0.15) is 20.3 Å². The molecule has 0 rings (SSSR count). The Balaban J connectivity index is 4.02. The first-order chi connectivity index (χ1) is 5.04. The molecule has 1 amide bonds. The summed E-state index contributed by atoms with van der Waals surface area (Å²) in [5.74, 6) is 0.269. The van der Waals surface area contributed by atoms with Crippen molar-refractivity contribution in [3.63, 3.8) is 0 Å². The van der Waals surface area contributed by atoms with Crippen molar-refractivity contribution in [3.05, 3.63) is 12.2 Å². The second-order valence-electron chi connectivity index (χ2n) is 3.17. The summed E-state index contributed by atoms with van der Waals surface area (Å²) in [4.78, 5) is 11.4. The molecule has 0 aromatic rings. The minimum absolute atomic E-state index is 0.269. The second-order valence-corrected chi connectivity index (χ2v) is 3.17. The van der Waals surface area contributed by atoms with Crippen LogP contribution in [-0.2, 0) is 4.79 Å². The molecule has 0 radical (unpaired) electrons. The van der Waals surface area contributed by atoms with Crippen LogP contribution in [0.25, 0.3) is 0 Å². The maximum Gasteiger partial charge on any atom is 0.317 e. The van der Waals surface area contributed by atoms with Gasteiger partial charge in [0, 0.05) is 0 Å².